The molecule has 2 aromatic carbocycles. The van der Waals surface area contributed by atoms with E-state index in [-0.39, 0.29) is 24.7 Å². The molecule has 0 radical (unpaired) electrons. The number of halogens is 3. The third kappa shape index (κ3) is 3.90. The molecule has 0 saturated heterocycles. The largest absolute Gasteiger partial charge is 0.467 e. The normalized spacial score (nSPS) is 13.1. The highest BCUT2D eigenvalue weighted by Crippen LogP contribution is 2.33. The van der Waals surface area contributed by atoms with E-state index in [1.54, 1.807) is 0 Å². The van der Waals surface area contributed by atoms with Crippen molar-refractivity contribution in [2.45, 2.75) is 6.61 Å². The summed E-state index contributed by atoms with van der Waals surface area (Å²) < 4.78 is 50.1. The molecule has 0 saturated carbocycles. The molecule has 0 bridgehead atoms. The lowest BCUT2D eigenvalue weighted by Crippen LogP contribution is -2.13. The summed E-state index contributed by atoms with van der Waals surface area (Å²) in [5, 5.41) is 13.1. The number of rotatable bonds is 4. The van der Waals surface area contributed by atoms with Gasteiger partial charge < -0.3 is 14.8 Å². The minimum atomic E-state index is -1.71. The number of benzene rings is 2. The highest BCUT2D eigenvalue weighted by molar-refractivity contribution is 6.02. The molecule has 1 N–H and O–H groups in total. The van der Waals surface area contributed by atoms with Gasteiger partial charge in [0.15, 0.2) is 24.2 Å². The first kappa shape index (κ1) is 18.4. The average Bonchev–Trinajstić information content (AvgIpc) is 2.66. The second kappa shape index (κ2) is 7.46. The first-order valence-electron chi connectivity index (χ1n) is 7.51. The van der Waals surface area contributed by atoms with Gasteiger partial charge in [0.1, 0.15) is 5.75 Å². The number of nitrogens with one attached hydrogen (secondary N) is 1. The third-order valence-corrected chi connectivity index (χ3v) is 3.64. The van der Waals surface area contributed by atoms with Gasteiger partial charge in [-0.15, -0.1) is 0 Å². The number of ether oxygens (including phenoxy) is 2. The lowest BCUT2D eigenvalue weighted by molar-refractivity contribution is -0.385. The van der Waals surface area contributed by atoms with E-state index in [0.717, 1.165) is 12.1 Å². The Balaban J connectivity index is 1.85. The van der Waals surface area contributed by atoms with Crippen LogP contribution in [0.1, 0.15) is 11.1 Å². The van der Waals surface area contributed by atoms with E-state index in [2.05, 4.69) is 5.32 Å². The summed E-state index contributed by atoms with van der Waals surface area (Å²) in [5.41, 5.74) is -0.102. The van der Waals surface area contributed by atoms with Gasteiger partial charge in [0.2, 0.25) is 5.91 Å². The summed E-state index contributed by atoms with van der Waals surface area (Å²) in [5.74, 6) is -5.17. The molecule has 7 nitrogen and oxygen atoms in total. The number of non-ortho nitro benzene ring substituents is 1. The molecule has 0 unspecified atom stereocenters. The lowest BCUT2D eigenvalue weighted by Gasteiger charge is -2.19. The van der Waals surface area contributed by atoms with Gasteiger partial charge in [0, 0.05) is 29.3 Å². The molecular formula is C17H11F3N2O5. The number of nitrogens with zero attached hydrogens (tertiary/aromatic N) is 1. The van der Waals surface area contributed by atoms with Gasteiger partial charge in [-0.3, -0.25) is 14.9 Å². The molecule has 1 aliphatic rings. The maximum atomic E-state index is 13.6. The minimum absolute atomic E-state index is 0.0576. The standard InChI is InChI=1S/C17H11F3N2O5/c18-12-2-3-13(16(20)15(12)19)21-14(23)4-1-9-5-11(22(24)25)6-10-7-26-8-27-17(9)10/h1-6H,7-8H2,(H,21,23). The number of hydrogen-bond donors (Lipinski definition) is 1. The van der Waals surface area contributed by atoms with Crippen LogP contribution in [-0.2, 0) is 16.1 Å². The number of hydrogen-bond acceptors (Lipinski definition) is 5. The Labute approximate surface area is 150 Å². The molecule has 1 aliphatic heterocycles. The van der Waals surface area contributed by atoms with Gasteiger partial charge in [-0.2, -0.15) is 0 Å². The van der Waals surface area contributed by atoms with Crippen molar-refractivity contribution in [1.29, 1.82) is 0 Å². The van der Waals surface area contributed by atoms with E-state index < -0.39 is 34.0 Å². The van der Waals surface area contributed by atoms with E-state index in [0.29, 0.717) is 17.4 Å². The van der Waals surface area contributed by atoms with Crippen LogP contribution >= 0.6 is 0 Å². The fourth-order valence-electron chi connectivity index (χ4n) is 2.42. The zero-order chi connectivity index (χ0) is 19.6. The number of carbonyl (C=O) groups excluding carboxylic acids is 1. The maximum Gasteiger partial charge on any atom is 0.270 e. The van der Waals surface area contributed by atoms with Crippen molar-refractivity contribution in [2.24, 2.45) is 0 Å². The van der Waals surface area contributed by atoms with E-state index in [4.69, 9.17) is 9.47 Å². The molecule has 0 aromatic heterocycles. The molecule has 0 atom stereocenters. The Hall–Kier alpha value is -3.40. The monoisotopic (exact) mass is 380 g/mol. The Kier molecular flexibility index (Phi) is 5.08. The summed E-state index contributed by atoms with van der Waals surface area (Å²) in [4.78, 5) is 22.4. The number of carbonyl (C=O) groups is 1. The lowest BCUT2D eigenvalue weighted by atomic mass is 10.1. The number of fused-ring (bicyclic) bond motifs is 1. The predicted molar refractivity (Wildman–Crippen MR) is 87.4 cm³/mol. The topological polar surface area (TPSA) is 90.7 Å². The van der Waals surface area contributed by atoms with Crippen molar-refractivity contribution in [3.63, 3.8) is 0 Å². The van der Waals surface area contributed by atoms with Gasteiger partial charge >= 0.3 is 0 Å². The van der Waals surface area contributed by atoms with Gasteiger partial charge in [0.25, 0.3) is 5.69 Å². The molecule has 10 heteroatoms. The molecule has 27 heavy (non-hydrogen) atoms. The van der Waals surface area contributed by atoms with Gasteiger partial charge in [-0.25, -0.2) is 13.2 Å². The summed E-state index contributed by atoms with van der Waals surface area (Å²) >= 11 is 0. The van der Waals surface area contributed by atoms with Crippen LogP contribution in [0.5, 0.6) is 5.75 Å². The van der Waals surface area contributed by atoms with Crippen molar-refractivity contribution in [3.05, 3.63) is 69.0 Å². The van der Waals surface area contributed by atoms with Crippen LogP contribution in [-0.4, -0.2) is 17.6 Å². The van der Waals surface area contributed by atoms with Crippen LogP contribution < -0.4 is 10.1 Å². The van der Waals surface area contributed by atoms with E-state index in [9.17, 15) is 28.1 Å². The van der Waals surface area contributed by atoms with Crippen LogP contribution in [0.4, 0.5) is 24.5 Å². The van der Waals surface area contributed by atoms with Gasteiger partial charge in [0.05, 0.1) is 17.2 Å². The zero-order valence-corrected chi connectivity index (χ0v) is 13.5. The highest BCUT2D eigenvalue weighted by atomic mass is 19.2. The van der Waals surface area contributed by atoms with Gasteiger partial charge in [-0.05, 0) is 18.2 Å². The number of nitro benzene ring substituents is 1. The second-order valence-electron chi connectivity index (χ2n) is 5.44. The van der Waals surface area contributed by atoms with Crippen molar-refractivity contribution < 1.29 is 32.4 Å². The molecular weight excluding hydrogens is 369 g/mol. The Morgan fingerprint density at radius 3 is 2.74 bits per heavy atom. The van der Waals surface area contributed by atoms with Crippen LogP contribution in [0.25, 0.3) is 6.08 Å². The van der Waals surface area contributed by atoms with Gasteiger partial charge in [-0.1, -0.05) is 0 Å². The molecule has 140 valence electrons. The quantitative estimate of drug-likeness (QED) is 0.379. The van der Waals surface area contributed by atoms with Crippen LogP contribution in [0, 0.1) is 27.6 Å². The van der Waals surface area contributed by atoms with Crippen molar-refractivity contribution >= 4 is 23.4 Å². The Morgan fingerprint density at radius 2 is 2.00 bits per heavy atom. The molecule has 3 rings (SSSR count). The average molecular weight is 380 g/mol. The van der Waals surface area contributed by atoms with Crippen LogP contribution in [0.3, 0.4) is 0 Å². The fourth-order valence-corrected chi connectivity index (χ4v) is 2.42. The first-order chi connectivity index (χ1) is 12.9. The smallest absolute Gasteiger partial charge is 0.270 e. The predicted octanol–water partition coefficient (Wildman–Crippen LogP) is 3.53. The summed E-state index contributed by atoms with van der Waals surface area (Å²) in [6.45, 7) is 0.0437. The van der Waals surface area contributed by atoms with Crippen molar-refractivity contribution in [2.75, 3.05) is 12.1 Å². The fraction of sp³-hybridized carbons (Fsp3) is 0.118. The number of amides is 1. The maximum absolute atomic E-state index is 13.6. The summed E-state index contributed by atoms with van der Waals surface area (Å²) in [6.07, 6.45) is 2.18. The highest BCUT2D eigenvalue weighted by Gasteiger charge is 2.20. The van der Waals surface area contributed by atoms with E-state index in [1.807, 2.05) is 0 Å². The summed E-state index contributed by atoms with van der Waals surface area (Å²) in [7, 11) is 0. The van der Waals surface area contributed by atoms with Crippen molar-refractivity contribution in [1.82, 2.24) is 0 Å². The minimum Gasteiger partial charge on any atom is -0.467 e. The van der Waals surface area contributed by atoms with Crippen LogP contribution in [0.15, 0.2) is 30.3 Å². The Morgan fingerprint density at radius 1 is 1.22 bits per heavy atom. The second-order valence-corrected chi connectivity index (χ2v) is 5.44. The number of nitro groups is 1. The SMILES string of the molecule is O=C(C=Cc1cc([N+](=O)[O-])cc2c1OCOC2)Nc1ccc(F)c(F)c1F. The first-order valence-corrected chi connectivity index (χ1v) is 7.51. The van der Waals surface area contributed by atoms with Crippen LogP contribution in [0.2, 0.25) is 0 Å². The zero-order valence-electron chi connectivity index (χ0n) is 13.5. The number of anilines is 1. The summed E-state index contributed by atoms with van der Waals surface area (Å²) in [6, 6.07) is 4.03. The Bertz CT molecular complexity index is 962. The third-order valence-electron chi connectivity index (χ3n) is 3.64. The van der Waals surface area contributed by atoms with Crippen molar-refractivity contribution in [3.8, 4) is 5.75 Å². The molecule has 0 aliphatic carbocycles. The molecule has 2 aromatic rings. The molecule has 0 spiro atoms. The molecule has 1 heterocycles. The molecule has 1 amide bonds. The van der Waals surface area contributed by atoms with E-state index >= 15 is 0 Å². The molecule has 0 fully saturated rings. The van der Waals surface area contributed by atoms with E-state index in [1.165, 1.54) is 18.2 Å².